The van der Waals surface area contributed by atoms with Crippen molar-refractivity contribution in [2.24, 2.45) is 11.1 Å². The lowest BCUT2D eigenvalue weighted by Crippen LogP contribution is -2.28. The summed E-state index contributed by atoms with van der Waals surface area (Å²) in [5.74, 6) is 0. The Balaban J connectivity index is 2.55. The summed E-state index contributed by atoms with van der Waals surface area (Å²) in [5.41, 5.74) is 7.74. The summed E-state index contributed by atoms with van der Waals surface area (Å²) >= 11 is 3.47. The lowest BCUT2D eigenvalue weighted by molar-refractivity contribution is 0.338. The van der Waals surface area contributed by atoms with Crippen LogP contribution in [0.4, 0.5) is 0 Å². The Morgan fingerprint density at radius 3 is 2.53 bits per heavy atom. The molecular formula is C13H20BrN. The molecule has 1 rings (SSSR count). The van der Waals surface area contributed by atoms with Crippen LogP contribution in [0.25, 0.3) is 0 Å². The molecule has 0 aliphatic carbocycles. The fourth-order valence-electron chi connectivity index (χ4n) is 1.83. The highest BCUT2D eigenvalue weighted by molar-refractivity contribution is 9.10. The maximum Gasteiger partial charge on any atom is 0.0178 e. The van der Waals surface area contributed by atoms with Gasteiger partial charge in [-0.25, -0.2) is 0 Å². The minimum absolute atomic E-state index is 0.249. The molecule has 1 unspecified atom stereocenters. The summed E-state index contributed by atoms with van der Waals surface area (Å²) in [6.07, 6.45) is 2.01. The quantitative estimate of drug-likeness (QED) is 0.889. The summed E-state index contributed by atoms with van der Waals surface area (Å²) in [6.45, 7) is 6.69. The van der Waals surface area contributed by atoms with Gasteiger partial charge >= 0.3 is 0 Å². The topological polar surface area (TPSA) is 26.0 Å². The molecule has 0 aliphatic rings. The van der Waals surface area contributed by atoms with Gasteiger partial charge in [-0.3, -0.25) is 0 Å². The molecule has 0 bridgehead atoms. The monoisotopic (exact) mass is 269 g/mol. The van der Waals surface area contributed by atoms with Crippen LogP contribution in [-0.2, 0) is 6.42 Å². The first kappa shape index (κ1) is 12.7. The van der Waals surface area contributed by atoms with E-state index < -0.39 is 0 Å². The van der Waals surface area contributed by atoms with E-state index in [2.05, 4.69) is 54.9 Å². The Labute approximate surface area is 101 Å². The third kappa shape index (κ3) is 5.33. The molecule has 1 atom stereocenters. The van der Waals surface area contributed by atoms with Gasteiger partial charge in [-0.1, -0.05) is 48.8 Å². The normalized spacial score (nSPS) is 13.9. The highest BCUT2D eigenvalue weighted by Gasteiger charge is 2.15. The van der Waals surface area contributed by atoms with Crippen molar-refractivity contribution in [3.05, 3.63) is 34.3 Å². The van der Waals surface area contributed by atoms with Crippen molar-refractivity contribution in [2.45, 2.75) is 39.7 Å². The second-order valence-electron chi connectivity index (χ2n) is 5.36. The highest BCUT2D eigenvalue weighted by Crippen LogP contribution is 2.22. The van der Waals surface area contributed by atoms with E-state index >= 15 is 0 Å². The van der Waals surface area contributed by atoms with Gasteiger partial charge in [0, 0.05) is 10.5 Å². The van der Waals surface area contributed by atoms with Crippen molar-refractivity contribution >= 4 is 15.9 Å². The highest BCUT2D eigenvalue weighted by atomic mass is 79.9. The lowest BCUT2D eigenvalue weighted by atomic mass is 9.86. The molecular weight excluding hydrogens is 250 g/mol. The van der Waals surface area contributed by atoms with Crippen LogP contribution in [0.1, 0.15) is 32.8 Å². The standard InChI is InChI=1S/C13H20BrN/c1-13(2,3)9-12(15)8-10-5-4-6-11(14)7-10/h4-7,12H,8-9,15H2,1-3H3. The molecule has 0 saturated carbocycles. The molecule has 0 saturated heterocycles. The van der Waals surface area contributed by atoms with Crippen molar-refractivity contribution < 1.29 is 0 Å². The van der Waals surface area contributed by atoms with Crippen LogP contribution in [0, 0.1) is 5.41 Å². The van der Waals surface area contributed by atoms with Gasteiger partial charge in [0.1, 0.15) is 0 Å². The smallest absolute Gasteiger partial charge is 0.0178 e. The first-order valence-corrected chi connectivity index (χ1v) is 6.16. The molecule has 1 nitrogen and oxygen atoms in total. The number of hydrogen-bond acceptors (Lipinski definition) is 1. The zero-order valence-corrected chi connectivity index (χ0v) is 11.3. The molecule has 2 N–H and O–H groups in total. The molecule has 1 aromatic rings. The van der Waals surface area contributed by atoms with E-state index in [-0.39, 0.29) is 6.04 Å². The molecule has 0 spiro atoms. The van der Waals surface area contributed by atoms with Crippen molar-refractivity contribution in [1.82, 2.24) is 0 Å². The first-order valence-electron chi connectivity index (χ1n) is 5.37. The summed E-state index contributed by atoms with van der Waals surface area (Å²) in [5, 5.41) is 0. The zero-order chi connectivity index (χ0) is 11.5. The molecule has 0 radical (unpaired) electrons. The van der Waals surface area contributed by atoms with Crippen LogP contribution in [-0.4, -0.2) is 6.04 Å². The van der Waals surface area contributed by atoms with Gasteiger partial charge in [-0.2, -0.15) is 0 Å². The van der Waals surface area contributed by atoms with Crippen LogP contribution in [0.2, 0.25) is 0 Å². The van der Waals surface area contributed by atoms with Crippen LogP contribution in [0.3, 0.4) is 0 Å². The van der Waals surface area contributed by atoms with Gasteiger partial charge in [-0.15, -0.1) is 0 Å². The van der Waals surface area contributed by atoms with Crippen LogP contribution < -0.4 is 5.73 Å². The maximum absolute atomic E-state index is 6.13. The fraction of sp³-hybridized carbons (Fsp3) is 0.538. The van der Waals surface area contributed by atoms with Gasteiger partial charge in [0.2, 0.25) is 0 Å². The van der Waals surface area contributed by atoms with E-state index in [0.717, 1.165) is 17.3 Å². The number of rotatable bonds is 3. The molecule has 0 fully saturated rings. The second kappa shape index (κ2) is 5.13. The fourth-order valence-corrected chi connectivity index (χ4v) is 2.27. The summed E-state index contributed by atoms with van der Waals surface area (Å²) in [7, 11) is 0. The zero-order valence-electron chi connectivity index (χ0n) is 9.76. The Kier molecular flexibility index (Phi) is 4.35. The lowest BCUT2D eigenvalue weighted by Gasteiger charge is -2.23. The van der Waals surface area contributed by atoms with Gasteiger partial charge in [0.15, 0.2) is 0 Å². The Hall–Kier alpha value is -0.340. The minimum atomic E-state index is 0.249. The second-order valence-corrected chi connectivity index (χ2v) is 6.27. The largest absolute Gasteiger partial charge is 0.327 e. The molecule has 84 valence electrons. The van der Waals surface area contributed by atoms with Crippen LogP contribution >= 0.6 is 15.9 Å². The molecule has 15 heavy (non-hydrogen) atoms. The minimum Gasteiger partial charge on any atom is -0.327 e. The SMILES string of the molecule is CC(C)(C)CC(N)Cc1cccc(Br)c1. The predicted octanol–water partition coefficient (Wildman–Crippen LogP) is 3.76. The van der Waals surface area contributed by atoms with Crippen LogP contribution in [0.15, 0.2) is 28.7 Å². The Morgan fingerprint density at radius 1 is 1.33 bits per heavy atom. The molecule has 1 aromatic carbocycles. The summed E-state index contributed by atoms with van der Waals surface area (Å²) in [4.78, 5) is 0. The third-order valence-corrected chi connectivity index (χ3v) is 2.75. The molecule has 0 aromatic heterocycles. The molecule has 2 heteroatoms. The number of nitrogens with two attached hydrogens (primary N) is 1. The number of benzene rings is 1. The Morgan fingerprint density at radius 2 is 2.00 bits per heavy atom. The molecule has 0 aliphatic heterocycles. The van der Waals surface area contributed by atoms with E-state index in [1.54, 1.807) is 0 Å². The van der Waals surface area contributed by atoms with E-state index in [1.165, 1.54) is 5.56 Å². The van der Waals surface area contributed by atoms with Crippen molar-refractivity contribution in [3.63, 3.8) is 0 Å². The van der Waals surface area contributed by atoms with E-state index in [9.17, 15) is 0 Å². The van der Waals surface area contributed by atoms with Crippen LogP contribution in [0.5, 0.6) is 0 Å². The molecule has 0 heterocycles. The third-order valence-electron chi connectivity index (χ3n) is 2.26. The van der Waals surface area contributed by atoms with Gasteiger partial charge in [0.05, 0.1) is 0 Å². The Bertz CT molecular complexity index is 315. The number of halogens is 1. The maximum atomic E-state index is 6.13. The first-order chi connectivity index (χ1) is 6.87. The van der Waals surface area contributed by atoms with Gasteiger partial charge in [0.25, 0.3) is 0 Å². The van der Waals surface area contributed by atoms with Crippen molar-refractivity contribution in [2.75, 3.05) is 0 Å². The molecule has 0 amide bonds. The average Bonchev–Trinajstić information content (AvgIpc) is 1.99. The number of hydrogen-bond donors (Lipinski definition) is 1. The van der Waals surface area contributed by atoms with Crippen molar-refractivity contribution in [3.8, 4) is 0 Å². The van der Waals surface area contributed by atoms with Gasteiger partial charge in [-0.05, 0) is 36.0 Å². The van der Waals surface area contributed by atoms with Crippen molar-refractivity contribution in [1.29, 1.82) is 0 Å². The van der Waals surface area contributed by atoms with Gasteiger partial charge < -0.3 is 5.73 Å². The predicted molar refractivity (Wildman–Crippen MR) is 69.9 cm³/mol. The average molecular weight is 270 g/mol. The van der Waals surface area contributed by atoms with E-state index in [4.69, 9.17) is 5.73 Å². The summed E-state index contributed by atoms with van der Waals surface area (Å²) < 4.78 is 1.13. The van der Waals surface area contributed by atoms with E-state index in [1.807, 2.05) is 6.07 Å². The summed E-state index contributed by atoms with van der Waals surface area (Å²) in [6, 6.07) is 8.62. The van der Waals surface area contributed by atoms with E-state index in [0.29, 0.717) is 5.41 Å².